The quantitative estimate of drug-likeness (QED) is 0.546. The number of pyridine rings is 1. The van der Waals surface area contributed by atoms with Crippen LogP contribution in [0.25, 0.3) is 23.1 Å². The van der Waals surface area contributed by atoms with Crippen molar-refractivity contribution in [1.82, 2.24) is 14.8 Å². The van der Waals surface area contributed by atoms with Crippen molar-refractivity contribution >= 4 is 28.7 Å². The third kappa shape index (κ3) is 2.70. The molecule has 0 N–H and O–H groups in total. The summed E-state index contributed by atoms with van der Waals surface area (Å²) >= 11 is 0. The van der Waals surface area contributed by atoms with E-state index in [0.717, 1.165) is 22.3 Å². The van der Waals surface area contributed by atoms with E-state index in [1.165, 1.54) is 6.07 Å². The Bertz CT molecular complexity index is 941. The highest BCUT2D eigenvalue weighted by atomic mass is 16.6. The number of hydrogen-bond donors (Lipinski definition) is 0. The van der Waals surface area contributed by atoms with Gasteiger partial charge in [-0.2, -0.15) is 5.10 Å². The molecule has 6 heteroatoms. The van der Waals surface area contributed by atoms with Crippen LogP contribution in [0.1, 0.15) is 22.6 Å². The van der Waals surface area contributed by atoms with Gasteiger partial charge in [-0.1, -0.05) is 18.2 Å². The number of rotatable bonds is 3. The van der Waals surface area contributed by atoms with Crippen molar-refractivity contribution in [1.29, 1.82) is 0 Å². The summed E-state index contributed by atoms with van der Waals surface area (Å²) in [5.74, 6) is 0. The molecular formula is C17H16N4O2. The van der Waals surface area contributed by atoms with Gasteiger partial charge in [0.2, 0.25) is 0 Å². The summed E-state index contributed by atoms with van der Waals surface area (Å²) in [7, 11) is 1.90. The molecule has 0 bridgehead atoms. The minimum absolute atomic E-state index is 0.0199. The molecule has 2 aromatic heterocycles. The number of nitro groups is 1. The third-order valence-corrected chi connectivity index (χ3v) is 3.90. The van der Waals surface area contributed by atoms with Gasteiger partial charge in [-0.15, -0.1) is 0 Å². The second-order valence-corrected chi connectivity index (χ2v) is 5.38. The summed E-state index contributed by atoms with van der Waals surface area (Å²) in [6.07, 6.45) is 3.80. The van der Waals surface area contributed by atoms with E-state index in [9.17, 15) is 10.1 Å². The second kappa shape index (κ2) is 5.64. The van der Waals surface area contributed by atoms with Gasteiger partial charge in [0.1, 0.15) is 5.52 Å². The maximum absolute atomic E-state index is 11.1. The molecule has 23 heavy (non-hydrogen) atoms. The Balaban J connectivity index is 2.05. The van der Waals surface area contributed by atoms with Gasteiger partial charge in [0.15, 0.2) is 0 Å². The minimum Gasteiger partial charge on any atom is -0.272 e. The fourth-order valence-corrected chi connectivity index (χ4v) is 2.59. The first kappa shape index (κ1) is 14.9. The summed E-state index contributed by atoms with van der Waals surface area (Å²) in [5.41, 5.74) is 4.13. The predicted molar refractivity (Wildman–Crippen MR) is 90.0 cm³/mol. The predicted octanol–water partition coefficient (Wildman–Crippen LogP) is 3.66. The van der Waals surface area contributed by atoms with Gasteiger partial charge in [0.25, 0.3) is 5.69 Å². The van der Waals surface area contributed by atoms with Crippen molar-refractivity contribution in [2.45, 2.75) is 13.8 Å². The van der Waals surface area contributed by atoms with Gasteiger partial charge in [0, 0.05) is 29.8 Å². The largest absolute Gasteiger partial charge is 0.295 e. The molecule has 0 amide bonds. The Labute approximate surface area is 133 Å². The van der Waals surface area contributed by atoms with Crippen molar-refractivity contribution in [3.05, 3.63) is 63.1 Å². The highest BCUT2D eigenvalue weighted by molar-refractivity contribution is 5.88. The van der Waals surface area contributed by atoms with Crippen molar-refractivity contribution in [3.8, 4) is 0 Å². The van der Waals surface area contributed by atoms with Crippen LogP contribution in [0.15, 0.2) is 30.3 Å². The van der Waals surface area contributed by atoms with Crippen molar-refractivity contribution in [3.63, 3.8) is 0 Å². The van der Waals surface area contributed by atoms with Crippen molar-refractivity contribution in [2.24, 2.45) is 7.05 Å². The molecular weight excluding hydrogens is 292 g/mol. The summed E-state index contributed by atoms with van der Waals surface area (Å²) in [6.45, 7) is 3.95. The van der Waals surface area contributed by atoms with E-state index in [-0.39, 0.29) is 5.69 Å². The summed E-state index contributed by atoms with van der Waals surface area (Å²) in [5, 5.41) is 16.3. The van der Waals surface area contributed by atoms with E-state index in [0.29, 0.717) is 11.2 Å². The van der Waals surface area contributed by atoms with Gasteiger partial charge >= 0.3 is 0 Å². The van der Waals surface area contributed by atoms with Gasteiger partial charge < -0.3 is 0 Å². The molecule has 0 radical (unpaired) electrons. The molecule has 0 atom stereocenters. The highest BCUT2D eigenvalue weighted by Gasteiger charge is 2.12. The highest BCUT2D eigenvalue weighted by Crippen LogP contribution is 2.24. The Hall–Kier alpha value is -3.02. The number of aryl methyl sites for hydroxylation is 2. The number of aromatic nitrogens is 3. The van der Waals surface area contributed by atoms with E-state index in [1.54, 1.807) is 6.07 Å². The maximum Gasteiger partial charge on any atom is 0.295 e. The molecule has 0 aliphatic carbocycles. The Morgan fingerprint density at radius 3 is 2.61 bits per heavy atom. The average molecular weight is 308 g/mol. The Morgan fingerprint density at radius 1 is 1.17 bits per heavy atom. The molecule has 0 saturated heterocycles. The molecule has 116 valence electrons. The third-order valence-electron chi connectivity index (χ3n) is 3.90. The number of benzene rings is 1. The summed E-state index contributed by atoms with van der Waals surface area (Å²) in [4.78, 5) is 15.2. The number of non-ortho nitro benzene ring substituents is 1. The van der Waals surface area contributed by atoms with Crippen LogP contribution in [0, 0.1) is 24.0 Å². The molecule has 6 nitrogen and oxygen atoms in total. The number of fused-ring (bicyclic) bond motifs is 1. The van der Waals surface area contributed by atoms with Crippen LogP contribution in [0.2, 0.25) is 0 Å². The van der Waals surface area contributed by atoms with Crippen LogP contribution in [-0.2, 0) is 7.05 Å². The molecule has 3 rings (SSSR count). The van der Waals surface area contributed by atoms with Crippen LogP contribution in [0.4, 0.5) is 5.69 Å². The van der Waals surface area contributed by atoms with Crippen LogP contribution in [-0.4, -0.2) is 19.7 Å². The lowest BCUT2D eigenvalue weighted by atomic mass is 10.1. The smallest absolute Gasteiger partial charge is 0.272 e. The zero-order chi connectivity index (χ0) is 16.6. The standard InChI is InChI=1S/C17H16N4O2/c1-11-15(12(2)20(3)19-11)10-9-14-8-7-13-5-4-6-16(21(22)23)17(13)18-14/h4-10H,1-3H3. The van der Waals surface area contributed by atoms with Crippen LogP contribution < -0.4 is 0 Å². The molecule has 2 heterocycles. The lowest BCUT2D eigenvalue weighted by Crippen LogP contribution is -1.93. The topological polar surface area (TPSA) is 73.8 Å². The molecule has 1 aromatic carbocycles. The number of para-hydroxylation sites is 1. The SMILES string of the molecule is Cc1nn(C)c(C)c1C=Cc1ccc2cccc([N+](=O)[O-])c2n1. The maximum atomic E-state index is 11.1. The first-order valence-corrected chi connectivity index (χ1v) is 7.20. The summed E-state index contributed by atoms with van der Waals surface area (Å²) < 4.78 is 1.83. The molecule has 0 unspecified atom stereocenters. The van der Waals surface area contributed by atoms with Crippen LogP contribution >= 0.6 is 0 Å². The normalized spacial score (nSPS) is 11.4. The van der Waals surface area contributed by atoms with Crippen molar-refractivity contribution in [2.75, 3.05) is 0 Å². The number of nitrogens with zero attached hydrogens (tertiary/aromatic N) is 4. The van der Waals surface area contributed by atoms with E-state index in [1.807, 2.05) is 55.9 Å². The van der Waals surface area contributed by atoms with E-state index < -0.39 is 4.92 Å². The molecule has 0 spiro atoms. The van der Waals surface area contributed by atoms with E-state index >= 15 is 0 Å². The van der Waals surface area contributed by atoms with Gasteiger partial charge in [0.05, 0.1) is 16.3 Å². The molecule has 0 saturated carbocycles. The van der Waals surface area contributed by atoms with Crippen molar-refractivity contribution < 1.29 is 4.92 Å². The molecule has 0 aliphatic rings. The number of nitro benzene ring substituents is 1. The fourth-order valence-electron chi connectivity index (χ4n) is 2.59. The van der Waals surface area contributed by atoms with E-state index in [4.69, 9.17) is 0 Å². The van der Waals surface area contributed by atoms with E-state index in [2.05, 4.69) is 10.1 Å². The molecule has 3 aromatic rings. The molecule has 0 fully saturated rings. The molecule has 0 aliphatic heterocycles. The first-order chi connectivity index (χ1) is 11.0. The van der Waals surface area contributed by atoms with Crippen LogP contribution in [0.5, 0.6) is 0 Å². The fraction of sp³-hybridized carbons (Fsp3) is 0.176. The minimum atomic E-state index is -0.405. The van der Waals surface area contributed by atoms with Gasteiger partial charge in [-0.25, -0.2) is 4.98 Å². The number of hydrogen-bond acceptors (Lipinski definition) is 4. The van der Waals surface area contributed by atoms with Gasteiger partial charge in [-0.05, 0) is 32.1 Å². The zero-order valence-electron chi connectivity index (χ0n) is 13.1. The van der Waals surface area contributed by atoms with Crippen LogP contribution in [0.3, 0.4) is 0 Å². The Kier molecular flexibility index (Phi) is 3.65. The summed E-state index contributed by atoms with van der Waals surface area (Å²) in [6, 6.07) is 8.65. The first-order valence-electron chi connectivity index (χ1n) is 7.20. The Morgan fingerprint density at radius 2 is 1.96 bits per heavy atom. The van der Waals surface area contributed by atoms with Gasteiger partial charge in [-0.3, -0.25) is 14.8 Å². The lowest BCUT2D eigenvalue weighted by molar-refractivity contribution is -0.383. The lowest BCUT2D eigenvalue weighted by Gasteiger charge is -2.00. The second-order valence-electron chi connectivity index (χ2n) is 5.38. The average Bonchev–Trinajstić information content (AvgIpc) is 2.77. The zero-order valence-corrected chi connectivity index (χ0v) is 13.1. The monoisotopic (exact) mass is 308 g/mol.